The maximum absolute atomic E-state index is 13.6. The van der Waals surface area contributed by atoms with E-state index in [1.54, 1.807) is 18.2 Å². The minimum absolute atomic E-state index is 0.00628. The van der Waals surface area contributed by atoms with Crippen molar-refractivity contribution < 1.29 is 18.0 Å². The van der Waals surface area contributed by atoms with Crippen LogP contribution >= 0.6 is 0 Å². The van der Waals surface area contributed by atoms with Crippen molar-refractivity contribution in [2.75, 3.05) is 27.8 Å². The number of fused-ring (bicyclic) bond motifs is 1. The highest BCUT2D eigenvalue weighted by Crippen LogP contribution is 2.35. The van der Waals surface area contributed by atoms with E-state index in [2.05, 4.69) is 31.2 Å². The molecular weight excluding hydrogens is 421 g/mol. The average molecular weight is 442 g/mol. The smallest absolute Gasteiger partial charge is 0.385 e. The summed E-state index contributed by atoms with van der Waals surface area (Å²) in [4.78, 5) is 19.6. The molecule has 4 N–H and O–H groups in total. The van der Waals surface area contributed by atoms with E-state index in [4.69, 9.17) is 0 Å². The van der Waals surface area contributed by atoms with Gasteiger partial charge in [-0.25, -0.2) is 4.98 Å². The largest absolute Gasteiger partial charge is 0.421 e. The number of nitrogens with one attached hydrogen (secondary N) is 4. The molecule has 0 saturated carbocycles. The Kier molecular flexibility index (Phi) is 5.85. The molecule has 1 aliphatic heterocycles. The second-order valence-electron chi connectivity index (χ2n) is 7.18. The quantitative estimate of drug-likeness (QED) is 0.421. The van der Waals surface area contributed by atoms with E-state index in [1.165, 1.54) is 0 Å². The number of nitrogens with zero attached hydrogens (tertiary/aromatic N) is 2. The third-order valence-corrected chi connectivity index (χ3v) is 4.96. The van der Waals surface area contributed by atoms with Gasteiger partial charge in [-0.3, -0.25) is 4.79 Å². The zero-order valence-electron chi connectivity index (χ0n) is 17.2. The van der Waals surface area contributed by atoms with Crippen LogP contribution in [0.4, 0.5) is 42.0 Å². The molecule has 4 rings (SSSR count). The lowest BCUT2D eigenvalue weighted by atomic mass is 10.1. The molecular formula is C22H21F3N6O. The van der Waals surface area contributed by atoms with Crippen molar-refractivity contribution in [3.63, 3.8) is 0 Å². The number of anilines is 5. The summed E-state index contributed by atoms with van der Waals surface area (Å²) in [5, 5.41) is 11.7. The third kappa shape index (κ3) is 4.58. The molecule has 0 aliphatic carbocycles. The zero-order chi connectivity index (χ0) is 22.7. The molecule has 0 radical (unpaired) electrons. The van der Waals surface area contributed by atoms with Crippen LogP contribution in [-0.4, -0.2) is 22.4 Å². The molecule has 1 amide bonds. The number of amides is 1. The van der Waals surface area contributed by atoms with Crippen LogP contribution in [0.15, 0.2) is 48.7 Å². The summed E-state index contributed by atoms with van der Waals surface area (Å²) < 4.78 is 40.7. The van der Waals surface area contributed by atoms with Crippen LogP contribution in [0, 0.1) is 0 Å². The first-order chi connectivity index (χ1) is 15.3. The normalized spacial score (nSPS) is 12.8. The fourth-order valence-corrected chi connectivity index (χ4v) is 3.49. The molecule has 166 valence electrons. The van der Waals surface area contributed by atoms with Gasteiger partial charge in [0.2, 0.25) is 11.9 Å². The van der Waals surface area contributed by atoms with Crippen LogP contribution in [0.3, 0.4) is 0 Å². The lowest BCUT2D eigenvalue weighted by Crippen LogP contribution is -2.15. The maximum atomic E-state index is 13.6. The van der Waals surface area contributed by atoms with Gasteiger partial charge in [-0.1, -0.05) is 24.3 Å². The zero-order valence-corrected chi connectivity index (χ0v) is 17.2. The number of aromatic nitrogens is 2. The van der Waals surface area contributed by atoms with E-state index in [-0.39, 0.29) is 30.6 Å². The Morgan fingerprint density at radius 3 is 2.62 bits per heavy atom. The number of carbonyl (C=O) groups excluding carboxylic acids is 1. The molecule has 0 fully saturated rings. The topological polar surface area (TPSA) is 91.0 Å². The summed E-state index contributed by atoms with van der Waals surface area (Å²) in [5.74, 6) is -0.486. The van der Waals surface area contributed by atoms with Gasteiger partial charge in [-0.15, -0.1) is 0 Å². The van der Waals surface area contributed by atoms with Gasteiger partial charge in [0.25, 0.3) is 0 Å². The van der Waals surface area contributed by atoms with Crippen molar-refractivity contribution in [2.24, 2.45) is 0 Å². The second kappa shape index (κ2) is 8.74. The summed E-state index contributed by atoms with van der Waals surface area (Å²) in [6.45, 7) is 2.77. The Balaban J connectivity index is 1.62. The van der Waals surface area contributed by atoms with E-state index in [1.807, 2.05) is 31.2 Å². The molecule has 1 aliphatic rings. The number of halogens is 3. The fourth-order valence-electron chi connectivity index (χ4n) is 3.49. The molecule has 0 spiro atoms. The predicted molar refractivity (Wildman–Crippen MR) is 117 cm³/mol. The minimum Gasteiger partial charge on any atom is -0.385 e. The highest BCUT2D eigenvalue weighted by atomic mass is 19.4. The van der Waals surface area contributed by atoms with Crippen LogP contribution in [0.2, 0.25) is 0 Å². The van der Waals surface area contributed by atoms with Gasteiger partial charge in [0.1, 0.15) is 11.4 Å². The van der Waals surface area contributed by atoms with Gasteiger partial charge in [0.05, 0.1) is 6.42 Å². The van der Waals surface area contributed by atoms with E-state index in [0.29, 0.717) is 17.9 Å². The van der Waals surface area contributed by atoms with E-state index >= 15 is 0 Å². The molecule has 3 aromatic rings. The summed E-state index contributed by atoms with van der Waals surface area (Å²) in [6.07, 6.45) is -3.70. The van der Waals surface area contributed by atoms with E-state index in [0.717, 1.165) is 23.0 Å². The minimum atomic E-state index is -4.62. The maximum Gasteiger partial charge on any atom is 0.421 e. The van der Waals surface area contributed by atoms with Crippen molar-refractivity contribution in [2.45, 2.75) is 26.1 Å². The number of hydrogen-bond acceptors (Lipinski definition) is 6. The van der Waals surface area contributed by atoms with Crippen LogP contribution in [0.5, 0.6) is 0 Å². The molecule has 0 saturated heterocycles. The van der Waals surface area contributed by atoms with E-state index in [9.17, 15) is 18.0 Å². The van der Waals surface area contributed by atoms with Crippen molar-refractivity contribution in [3.8, 4) is 0 Å². The Hall–Kier alpha value is -3.82. The van der Waals surface area contributed by atoms with Gasteiger partial charge in [0.15, 0.2) is 0 Å². The van der Waals surface area contributed by atoms with Gasteiger partial charge >= 0.3 is 6.18 Å². The lowest BCUT2D eigenvalue weighted by Gasteiger charge is -2.17. The van der Waals surface area contributed by atoms with Crippen molar-refractivity contribution >= 4 is 34.7 Å². The highest BCUT2D eigenvalue weighted by Gasteiger charge is 2.35. The standard InChI is InChI=1S/C22H21F3N6O/c1-2-26-16-7-4-3-6-13(16)11-27-20-15(22(23,24)25)12-28-21(31-20)30-18-9-5-8-17-14(18)10-19(32)29-17/h3-9,12,26H,2,10-11H2,1H3,(H,29,32)(H2,27,28,30,31). The number of para-hydroxylation sites is 1. The van der Waals surface area contributed by atoms with Gasteiger partial charge < -0.3 is 21.3 Å². The molecule has 32 heavy (non-hydrogen) atoms. The molecule has 7 nitrogen and oxygen atoms in total. The number of carbonyl (C=O) groups is 1. The van der Waals surface area contributed by atoms with Crippen molar-refractivity contribution in [1.82, 2.24) is 9.97 Å². The molecule has 0 atom stereocenters. The average Bonchev–Trinajstić information content (AvgIpc) is 3.14. The second-order valence-corrected chi connectivity index (χ2v) is 7.18. The molecule has 0 bridgehead atoms. The van der Waals surface area contributed by atoms with Crippen LogP contribution in [0.25, 0.3) is 0 Å². The number of alkyl halides is 3. The van der Waals surface area contributed by atoms with Gasteiger partial charge in [-0.05, 0) is 30.7 Å². The fraction of sp³-hybridized carbons (Fsp3) is 0.227. The van der Waals surface area contributed by atoms with Gasteiger partial charge in [-0.2, -0.15) is 18.2 Å². The lowest BCUT2D eigenvalue weighted by molar-refractivity contribution is -0.137. The first-order valence-corrected chi connectivity index (χ1v) is 10.0. The van der Waals surface area contributed by atoms with Gasteiger partial charge in [0, 0.05) is 41.9 Å². The highest BCUT2D eigenvalue weighted by molar-refractivity contribution is 6.01. The predicted octanol–water partition coefficient (Wildman–Crippen LogP) is 4.78. The Labute approximate surface area is 182 Å². The number of rotatable bonds is 7. The Bertz CT molecular complexity index is 1150. The molecule has 2 aromatic carbocycles. The SMILES string of the molecule is CCNc1ccccc1CNc1nc(Nc2cccc3c2CC(=O)N3)ncc1C(F)(F)F. The first kappa shape index (κ1) is 21.4. The molecule has 2 heterocycles. The summed E-state index contributed by atoms with van der Waals surface area (Å²) in [6, 6.07) is 12.6. The molecule has 10 heteroatoms. The summed E-state index contributed by atoms with van der Waals surface area (Å²) in [7, 11) is 0. The Morgan fingerprint density at radius 1 is 1.06 bits per heavy atom. The van der Waals surface area contributed by atoms with Crippen LogP contribution < -0.4 is 21.3 Å². The number of benzene rings is 2. The van der Waals surface area contributed by atoms with Crippen LogP contribution in [0.1, 0.15) is 23.6 Å². The molecule has 1 aromatic heterocycles. The first-order valence-electron chi connectivity index (χ1n) is 10.0. The third-order valence-electron chi connectivity index (χ3n) is 4.96. The Morgan fingerprint density at radius 2 is 1.84 bits per heavy atom. The van der Waals surface area contributed by atoms with Crippen molar-refractivity contribution in [3.05, 3.63) is 65.4 Å². The van der Waals surface area contributed by atoms with E-state index < -0.39 is 11.7 Å². The van der Waals surface area contributed by atoms with Crippen molar-refractivity contribution in [1.29, 1.82) is 0 Å². The summed E-state index contributed by atoms with van der Waals surface area (Å²) in [5.41, 5.74) is 2.62. The monoisotopic (exact) mass is 442 g/mol. The molecule has 0 unspecified atom stereocenters. The number of hydrogen-bond donors (Lipinski definition) is 4. The summed E-state index contributed by atoms with van der Waals surface area (Å²) >= 11 is 0. The van der Waals surface area contributed by atoms with Crippen LogP contribution in [-0.2, 0) is 23.9 Å².